The second-order valence-electron chi connectivity index (χ2n) is 7.21. The molecule has 0 spiro atoms. The highest BCUT2D eigenvalue weighted by Gasteiger charge is 2.13. The largest absolute Gasteiger partial charge is 0.353 e. The number of halogens is 1. The van der Waals surface area contributed by atoms with Crippen LogP contribution in [0, 0.1) is 12.7 Å². The molecule has 1 amide bonds. The van der Waals surface area contributed by atoms with Crippen molar-refractivity contribution in [3.05, 3.63) is 88.9 Å². The Hall–Kier alpha value is -4.14. The van der Waals surface area contributed by atoms with Gasteiger partial charge in [0.2, 0.25) is 5.91 Å². The van der Waals surface area contributed by atoms with Crippen LogP contribution in [-0.4, -0.2) is 37.0 Å². The van der Waals surface area contributed by atoms with Crippen LogP contribution in [0.15, 0.2) is 71.8 Å². The van der Waals surface area contributed by atoms with E-state index in [1.807, 2.05) is 18.2 Å². The summed E-state index contributed by atoms with van der Waals surface area (Å²) in [4.78, 5) is 28.3. The highest BCUT2D eigenvalue weighted by Crippen LogP contribution is 2.25. The van der Waals surface area contributed by atoms with Gasteiger partial charge in [0.25, 0.3) is 5.56 Å². The number of amides is 1. The highest BCUT2D eigenvalue weighted by atomic mass is 19.1. The van der Waals surface area contributed by atoms with Gasteiger partial charge in [-0.2, -0.15) is 10.2 Å². The molecule has 0 bridgehead atoms. The standard InChI is InChI=1S/C23H21FN6O2/c1-16-4-9-23(32)30(27-16)15-22(31)26-11-12-29-21(18-3-2-10-25-14-18)13-20(28-29)17-5-7-19(24)8-6-17/h2-10,13-14H,11-12,15H2,1H3,(H,26,31). The summed E-state index contributed by atoms with van der Waals surface area (Å²) in [6.45, 7) is 2.30. The van der Waals surface area contributed by atoms with Gasteiger partial charge in [0, 0.05) is 36.1 Å². The molecule has 1 aromatic carbocycles. The molecule has 0 fully saturated rings. The summed E-state index contributed by atoms with van der Waals surface area (Å²) >= 11 is 0. The molecule has 1 N–H and O–H groups in total. The zero-order valence-electron chi connectivity index (χ0n) is 17.4. The van der Waals surface area contributed by atoms with Gasteiger partial charge < -0.3 is 5.32 Å². The van der Waals surface area contributed by atoms with Crippen molar-refractivity contribution >= 4 is 5.91 Å². The molecular formula is C23H21FN6O2. The summed E-state index contributed by atoms with van der Waals surface area (Å²) in [5.41, 5.74) is 3.48. The molecule has 4 rings (SSSR count). The van der Waals surface area contributed by atoms with E-state index < -0.39 is 0 Å². The van der Waals surface area contributed by atoms with E-state index in [0.717, 1.165) is 21.5 Å². The third-order valence-electron chi connectivity index (χ3n) is 4.82. The molecule has 9 heteroatoms. The van der Waals surface area contributed by atoms with Crippen LogP contribution in [0.25, 0.3) is 22.5 Å². The molecule has 0 radical (unpaired) electrons. The minimum atomic E-state index is -0.333. The van der Waals surface area contributed by atoms with Gasteiger partial charge in [-0.1, -0.05) is 0 Å². The first-order valence-electron chi connectivity index (χ1n) is 10.1. The molecule has 32 heavy (non-hydrogen) atoms. The van der Waals surface area contributed by atoms with Gasteiger partial charge in [0.1, 0.15) is 12.4 Å². The average molecular weight is 432 g/mol. The van der Waals surface area contributed by atoms with E-state index >= 15 is 0 Å². The van der Waals surface area contributed by atoms with Gasteiger partial charge >= 0.3 is 0 Å². The number of rotatable bonds is 7. The SMILES string of the molecule is Cc1ccc(=O)n(CC(=O)NCCn2nc(-c3ccc(F)cc3)cc2-c2cccnc2)n1. The molecule has 162 valence electrons. The molecule has 3 heterocycles. The minimum Gasteiger partial charge on any atom is -0.353 e. The summed E-state index contributed by atoms with van der Waals surface area (Å²) in [6, 6.07) is 14.8. The van der Waals surface area contributed by atoms with E-state index in [0.29, 0.717) is 24.5 Å². The molecule has 4 aromatic rings. The van der Waals surface area contributed by atoms with Crippen molar-refractivity contribution in [1.29, 1.82) is 0 Å². The maximum Gasteiger partial charge on any atom is 0.267 e. The number of nitrogens with zero attached hydrogens (tertiary/aromatic N) is 5. The lowest BCUT2D eigenvalue weighted by Crippen LogP contribution is -2.35. The molecule has 0 unspecified atom stereocenters. The van der Waals surface area contributed by atoms with E-state index in [-0.39, 0.29) is 23.8 Å². The van der Waals surface area contributed by atoms with Gasteiger partial charge in [-0.3, -0.25) is 19.3 Å². The van der Waals surface area contributed by atoms with Crippen LogP contribution in [0.1, 0.15) is 5.69 Å². The van der Waals surface area contributed by atoms with E-state index in [4.69, 9.17) is 0 Å². The van der Waals surface area contributed by atoms with Crippen molar-refractivity contribution < 1.29 is 9.18 Å². The van der Waals surface area contributed by atoms with Crippen molar-refractivity contribution in [2.75, 3.05) is 6.54 Å². The average Bonchev–Trinajstić information content (AvgIpc) is 3.21. The van der Waals surface area contributed by atoms with Crippen molar-refractivity contribution in [1.82, 2.24) is 29.9 Å². The Balaban J connectivity index is 1.49. The number of pyridine rings is 1. The number of nitrogens with one attached hydrogen (secondary N) is 1. The Morgan fingerprint density at radius 1 is 1.03 bits per heavy atom. The van der Waals surface area contributed by atoms with Gasteiger partial charge in [0.05, 0.1) is 23.6 Å². The predicted molar refractivity (Wildman–Crippen MR) is 117 cm³/mol. The second kappa shape index (κ2) is 9.34. The zero-order valence-corrected chi connectivity index (χ0v) is 17.4. The van der Waals surface area contributed by atoms with Crippen LogP contribution in [0.3, 0.4) is 0 Å². The maximum absolute atomic E-state index is 13.3. The lowest BCUT2D eigenvalue weighted by atomic mass is 10.1. The normalized spacial score (nSPS) is 10.8. The molecular weight excluding hydrogens is 411 g/mol. The van der Waals surface area contributed by atoms with Crippen LogP contribution in [0.5, 0.6) is 0 Å². The fourth-order valence-corrected chi connectivity index (χ4v) is 3.25. The fourth-order valence-electron chi connectivity index (χ4n) is 3.25. The van der Waals surface area contributed by atoms with Crippen molar-refractivity contribution in [3.63, 3.8) is 0 Å². The van der Waals surface area contributed by atoms with Crippen LogP contribution >= 0.6 is 0 Å². The molecule has 0 saturated carbocycles. The maximum atomic E-state index is 13.3. The van der Waals surface area contributed by atoms with E-state index in [1.165, 1.54) is 18.2 Å². The van der Waals surface area contributed by atoms with E-state index in [1.54, 1.807) is 42.2 Å². The molecule has 0 atom stereocenters. The minimum absolute atomic E-state index is 0.157. The van der Waals surface area contributed by atoms with Gasteiger partial charge in [-0.15, -0.1) is 0 Å². The number of hydrogen-bond acceptors (Lipinski definition) is 5. The first-order valence-corrected chi connectivity index (χ1v) is 10.1. The molecule has 0 aliphatic carbocycles. The summed E-state index contributed by atoms with van der Waals surface area (Å²) < 4.78 is 16.2. The summed E-state index contributed by atoms with van der Waals surface area (Å²) in [5, 5.41) is 11.5. The lowest BCUT2D eigenvalue weighted by molar-refractivity contribution is -0.121. The Morgan fingerprint density at radius 2 is 1.84 bits per heavy atom. The van der Waals surface area contributed by atoms with Crippen molar-refractivity contribution in [3.8, 4) is 22.5 Å². The monoisotopic (exact) mass is 432 g/mol. The quantitative estimate of drug-likeness (QED) is 0.484. The Kier molecular flexibility index (Phi) is 6.16. The molecule has 0 saturated heterocycles. The molecule has 0 aliphatic heterocycles. The number of aryl methyl sites for hydroxylation is 1. The Bertz CT molecular complexity index is 1280. The molecule has 3 aromatic heterocycles. The van der Waals surface area contributed by atoms with Crippen LogP contribution in [0.2, 0.25) is 0 Å². The number of carbonyl (C=O) groups excluding carboxylic acids is 1. The first-order chi connectivity index (χ1) is 15.5. The van der Waals surface area contributed by atoms with Crippen LogP contribution < -0.4 is 10.9 Å². The van der Waals surface area contributed by atoms with Gasteiger partial charge in [0.15, 0.2) is 0 Å². The van der Waals surface area contributed by atoms with Crippen molar-refractivity contribution in [2.45, 2.75) is 20.0 Å². The number of benzene rings is 1. The molecule has 8 nitrogen and oxygen atoms in total. The number of aromatic nitrogens is 5. The smallest absolute Gasteiger partial charge is 0.267 e. The Labute approximate surface area is 183 Å². The Morgan fingerprint density at radius 3 is 2.59 bits per heavy atom. The third-order valence-corrected chi connectivity index (χ3v) is 4.82. The summed E-state index contributed by atoms with van der Waals surface area (Å²) in [6.07, 6.45) is 3.42. The summed E-state index contributed by atoms with van der Waals surface area (Å²) in [5.74, 6) is -0.635. The predicted octanol–water partition coefficient (Wildman–Crippen LogP) is 2.43. The fraction of sp³-hybridized carbons (Fsp3) is 0.174. The lowest BCUT2D eigenvalue weighted by Gasteiger charge is -2.09. The van der Waals surface area contributed by atoms with E-state index in [2.05, 4.69) is 20.5 Å². The number of carbonyl (C=O) groups is 1. The number of hydrogen-bond donors (Lipinski definition) is 1. The van der Waals surface area contributed by atoms with Crippen molar-refractivity contribution in [2.24, 2.45) is 0 Å². The first kappa shape index (κ1) is 21.1. The van der Waals surface area contributed by atoms with E-state index in [9.17, 15) is 14.0 Å². The topological polar surface area (TPSA) is 94.7 Å². The van der Waals surface area contributed by atoms with Crippen LogP contribution in [0.4, 0.5) is 4.39 Å². The van der Waals surface area contributed by atoms with Gasteiger partial charge in [-0.25, -0.2) is 9.07 Å². The second-order valence-corrected chi connectivity index (χ2v) is 7.21. The van der Waals surface area contributed by atoms with Gasteiger partial charge in [-0.05, 0) is 55.5 Å². The summed E-state index contributed by atoms with van der Waals surface area (Å²) in [7, 11) is 0. The zero-order chi connectivity index (χ0) is 22.5. The van der Waals surface area contributed by atoms with Crippen LogP contribution in [-0.2, 0) is 17.9 Å². The molecule has 0 aliphatic rings. The third kappa shape index (κ3) is 4.94. The highest BCUT2D eigenvalue weighted by molar-refractivity contribution is 5.75.